The number of carboxylic acids is 1. The highest BCUT2D eigenvalue weighted by molar-refractivity contribution is 7.80. The number of unbranched alkanes of at least 4 members (excludes halogenated alkanes) is 6. The SMILES string of the molecule is CC(C)C[C@H](NC(=O)[C@H](CCCCN)NC(=O)CNC(=O)CNC(=O)[C@H](CS)NC(=O)[C@H](CCCN=C(N)N)NC(=O)CNC(=O)[C@H](CC(N)=O)NC(=O)[C@@H](N)CS)C(=O)N[C@@H](C)C(=O)N[C@@H](CCCCN)C(=O)N[C@@H](CC(C)C)C(=O)N[C@@H](C)C(=O)N[C@@H](CCCCN)C(=O)N[C@@H](CCCCN)C(=O)N[C@@H](CC(C)C)C(=O)N[C@@H](C)C(=O)N[C@@H](CCCCN)C(=O)N[C@@H](CC(C)C)C(=O)N[C@@H](C)C(=O)N[C@@H](CCCCN)C(=O)O. The molecule has 0 fully saturated rings. The van der Waals surface area contributed by atoms with Crippen LogP contribution in [0.15, 0.2) is 4.99 Å². The van der Waals surface area contributed by atoms with Gasteiger partial charge in [0.05, 0.1) is 32.1 Å². The Hall–Kier alpha value is -12.0. The summed E-state index contributed by atoms with van der Waals surface area (Å²) < 4.78 is 0. The molecule has 0 aliphatic carbocycles. The Kier molecular flexibility index (Phi) is 71.2. The number of aliphatic imine (C=N–C) groups is 1. The molecule has 0 saturated carbocycles. The van der Waals surface area contributed by atoms with Gasteiger partial charge in [-0.15, -0.1) is 0 Å². The molecular formula is C94H175N31O23S2. The third-order valence-electron chi connectivity index (χ3n) is 23.1. The van der Waals surface area contributed by atoms with Gasteiger partial charge in [0.2, 0.25) is 124 Å². The van der Waals surface area contributed by atoms with E-state index in [1.54, 1.807) is 55.4 Å². The van der Waals surface area contributed by atoms with Gasteiger partial charge in [0.1, 0.15) is 103 Å². The molecule has 0 radical (unpaired) electrons. The predicted octanol–water partition coefficient (Wildman–Crippen LogP) is -9.18. The number of nitrogens with zero attached hydrogens (tertiary/aromatic N) is 1. The molecule has 0 saturated heterocycles. The fourth-order valence-electron chi connectivity index (χ4n) is 14.8. The highest BCUT2D eigenvalue weighted by Gasteiger charge is 2.39. The van der Waals surface area contributed by atoms with Crippen molar-refractivity contribution in [3.05, 3.63) is 0 Å². The summed E-state index contributed by atoms with van der Waals surface area (Å²) in [7, 11) is 0. The first-order valence-electron chi connectivity index (χ1n) is 51.4. The molecule has 0 aromatic heterocycles. The van der Waals surface area contributed by atoms with Gasteiger partial charge in [0.15, 0.2) is 5.96 Å². The highest BCUT2D eigenvalue weighted by atomic mass is 32.1. The molecule has 54 nitrogen and oxygen atoms in total. The fourth-order valence-corrected chi connectivity index (χ4v) is 15.2. The van der Waals surface area contributed by atoms with Crippen molar-refractivity contribution in [2.75, 3.05) is 77.0 Å². The zero-order valence-corrected chi connectivity index (χ0v) is 90.7. The molecule has 0 rings (SSSR count). The maximum atomic E-state index is 14.6. The lowest BCUT2D eigenvalue weighted by atomic mass is 10.0. The first kappa shape index (κ1) is 138. The van der Waals surface area contributed by atoms with E-state index in [4.69, 9.17) is 57.3 Å². The average Bonchev–Trinajstić information content (AvgIpc) is 0.851. The van der Waals surface area contributed by atoms with Crippen molar-refractivity contribution in [1.29, 1.82) is 0 Å². The van der Waals surface area contributed by atoms with Gasteiger partial charge in [0, 0.05) is 18.1 Å². The molecule has 21 amide bonds. The number of carbonyl (C=O) groups excluding carboxylic acids is 21. The van der Waals surface area contributed by atoms with Crippen LogP contribution in [0.5, 0.6) is 0 Å². The van der Waals surface area contributed by atoms with E-state index in [0.717, 1.165) is 0 Å². The van der Waals surface area contributed by atoms with E-state index >= 15 is 0 Å². The van der Waals surface area contributed by atoms with Crippen molar-refractivity contribution in [3.63, 3.8) is 0 Å². The van der Waals surface area contributed by atoms with Crippen LogP contribution >= 0.6 is 25.3 Å². The molecule has 0 unspecified atom stereocenters. The van der Waals surface area contributed by atoms with Crippen molar-refractivity contribution < 1.29 is 111 Å². The summed E-state index contributed by atoms with van der Waals surface area (Å²) in [4.78, 5) is 305. The molecule has 856 valence electrons. The van der Waals surface area contributed by atoms with E-state index in [1.165, 1.54) is 27.7 Å². The Balaban J connectivity index is 6.71. The number of thiol groups is 2. The molecule has 0 aliphatic rings. The number of hydrogen-bond acceptors (Lipinski definition) is 32. The lowest BCUT2D eigenvalue weighted by Crippen LogP contribution is -2.60. The Morgan fingerprint density at radius 1 is 0.247 bits per heavy atom. The number of amides is 21. The minimum atomic E-state index is -1.54. The van der Waals surface area contributed by atoms with Crippen LogP contribution in [0.1, 0.15) is 244 Å². The van der Waals surface area contributed by atoms with Gasteiger partial charge in [-0.3, -0.25) is 106 Å². The van der Waals surface area contributed by atoms with Crippen molar-refractivity contribution in [1.82, 2.24) is 106 Å². The Morgan fingerprint density at radius 3 is 0.733 bits per heavy atom. The quantitative estimate of drug-likeness (QED) is 0.0116. The molecule has 0 aromatic rings. The molecule has 0 aromatic carbocycles. The van der Waals surface area contributed by atoms with Crippen LogP contribution in [0.3, 0.4) is 0 Å². The summed E-state index contributed by atoms with van der Waals surface area (Å²) in [5.74, 6) is -21.3. The van der Waals surface area contributed by atoms with Crippen LogP contribution in [0.2, 0.25) is 0 Å². The molecule has 150 heavy (non-hydrogen) atoms. The number of guanidine groups is 1. The third-order valence-corrected chi connectivity index (χ3v) is 23.9. The number of nitrogens with two attached hydrogens (primary N) is 10. The van der Waals surface area contributed by atoms with E-state index in [2.05, 4.69) is 137 Å². The summed E-state index contributed by atoms with van der Waals surface area (Å²) in [6.45, 7) is 18.5. The van der Waals surface area contributed by atoms with Crippen molar-refractivity contribution in [3.8, 4) is 0 Å². The van der Waals surface area contributed by atoms with Crippen LogP contribution in [-0.4, -0.2) is 327 Å². The number of rotatable bonds is 81. The Morgan fingerprint density at radius 2 is 0.473 bits per heavy atom. The molecule has 18 atom stereocenters. The largest absolute Gasteiger partial charge is 0.480 e. The van der Waals surface area contributed by atoms with E-state index in [-0.39, 0.29) is 177 Å². The second-order valence-electron chi connectivity index (χ2n) is 38.7. The minimum absolute atomic E-state index is 0.00780. The smallest absolute Gasteiger partial charge is 0.326 e. The summed E-state index contributed by atoms with van der Waals surface area (Å²) in [5.41, 5.74) is 56.5. The molecule has 0 spiro atoms. The predicted molar refractivity (Wildman–Crippen MR) is 567 cm³/mol. The van der Waals surface area contributed by atoms with E-state index < -0.39 is 265 Å². The standard InChI is InChI=1S/C94H175N31O23S2/c1-50(2)40-66(121-83(137)59(26-13-19-33-95)113-74(128)46-106-73(127)45-107-82(136)71(49-150)125-84(138)60(32-25-39-105-94(103)104)114-75(129)47-108-81(135)70(44-72(102)126)120-80(134)58(101)48-149)89(143)109-55(10)77(131)116-62(28-15-21-35-97)86(140)122-67(41-51(3)4)90(144)110-54(9)76(130)115-61(27-14-20-34-96)85(139)118-64(30-17-23-37-99)88(142)124-69(43-53(7)8)91(145)111-56(11)78(132)117-63(29-16-22-36-98)87(141)123-68(42-52(5)6)92(146)112-57(12)79(133)119-65(93(147)148)31-18-24-38-100/h50-71,149-150H,13-49,95-101H2,1-12H3,(H2,102,126)(H,106,127)(H,107,136)(H,108,135)(H,109,143)(H,110,144)(H,111,145)(H,112,146)(H,113,128)(H,114,129)(H,115,130)(H,116,131)(H,117,132)(H,118,139)(H,119,133)(H,120,134)(H,121,137)(H,122,140)(H,123,141)(H,124,142)(H,125,138)(H,147,148)(H4,103,104,105)/t54-,55-,56-,57-,58-,59-,60-,61-,62-,63-,64-,65-,66-,67-,68-,69-,70-,71-/m0/s1. The normalized spacial score (nSPS) is 14.8. The van der Waals surface area contributed by atoms with Crippen LogP contribution in [0.25, 0.3) is 0 Å². The number of hydrogen-bond donors (Lipinski definition) is 33. The van der Waals surface area contributed by atoms with Gasteiger partial charge >= 0.3 is 5.97 Å². The maximum Gasteiger partial charge on any atom is 0.326 e. The van der Waals surface area contributed by atoms with Gasteiger partial charge in [0.25, 0.3) is 0 Å². The minimum Gasteiger partial charge on any atom is -0.480 e. The number of carboxylic acid groups (broad SMARTS) is 1. The monoisotopic (exact) mass is 2170 g/mol. The fraction of sp³-hybridized carbons (Fsp3) is 0.755. The zero-order chi connectivity index (χ0) is 114. The van der Waals surface area contributed by atoms with Gasteiger partial charge in [-0.25, -0.2) is 4.79 Å². The third kappa shape index (κ3) is 59.6. The molecule has 0 bridgehead atoms. The maximum absolute atomic E-state index is 14.6. The second-order valence-corrected chi connectivity index (χ2v) is 39.4. The second kappa shape index (κ2) is 77.4. The van der Waals surface area contributed by atoms with Gasteiger partial charge in [-0.2, -0.15) is 25.3 Å². The molecule has 0 heterocycles. The lowest BCUT2D eigenvalue weighted by molar-refractivity contribution is -0.142. The lowest BCUT2D eigenvalue weighted by Gasteiger charge is -2.28. The Bertz CT molecular complexity index is 4330. The Labute approximate surface area is 889 Å². The first-order chi connectivity index (χ1) is 70.7. The average molecular weight is 2170 g/mol. The van der Waals surface area contributed by atoms with Crippen molar-refractivity contribution in [2.24, 2.45) is 86.0 Å². The number of carbonyl (C=O) groups is 22. The molecule has 41 N–H and O–H groups in total. The van der Waals surface area contributed by atoms with Crippen LogP contribution in [-0.2, 0) is 105 Å². The van der Waals surface area contributed by atoms with Crippen molar-refractivity contribution in [2.45, 2.75) is 352 Å². The van der Waals surface area contributed by atoms with Gasteiger partial charge < -0.3 is 169 Å². The van der Waals surface area contributed by atoms with Gasteiger partial charge in [-0.1, -0.05) is 55.4 Å². The summed E-state index contributed by atoms with van der Waals surface area (Å²) >= 11 is 8.11. The summed E-state index contributed by atoms with van der Waals surface area (Å²) in [6, 6.07) is -24.2. The molecule has 56 heteroatoms. The summed E-state index contributed by atoms with van der Waals surface area (Å²) in [6.07, 6.45) is 3.82. The van der Waals surface area contributed by atoms with Crippen LogP contribution in [0.4, 0.5) is 0 Å². The number of nitrogens with one attached hydrogen (secondary N) is 20. The first-order valence-corrected chi connectivity index (χ1v) is 52.7. The van der Waals surface area contributed by atoms with E-state index in [9.17, 15) is 111 Å². The van der Waals surface area contributed by atoms with E-state index in [0.29, 0.717) is 64.3 Å². The number of primary amides is 1. The molecular weight excluding hydrogens is 2000 g/mol. The van der Waals surface area contributed by atoms with Crippen molar-refractivity contribution >= 4 is 161 Å². The topological polar surface area (TPSA) is 909 Å². The van der Waals surface area contributed by atoms with E-state index in [1.807, 2.05) is 0 Å². The zero-order valence-electron chi connectivity index (χ0n) is 88.9. The summed E-state index contributed by atoms with van der Waals surface area (Å²) in [5, 5.41) is 60.5. The van der Waals surface area contributed by atoms with Crippen LogP contribution in [0, 0.1) is 23.7 Å². The number of aliphatic carboxylic acids is 1. The molecule has 0 aliphatic heterocycles. The van der Waals surface area contributed by atoms with Crippen LogP contribution < -0.4 is 164 Å². The van der Waals surface area contributed by atoms with Gasteiger partial charge in [-0.05, 0) is 245 Å². The highest BCUT2D eigenvalue weighted by Crippen LogP contribution is 2.17.